The van der Waals surface area contributed by atoms with E-state index in [1.807, 2.05) is 20.8 Å². The number of rotatable bonds is 10. The van der Waals surface area contributed by atoms with Crippen molar-refractivity contribution in [3.8, 4) is 11.5 Å². The number of aryl methyl sites for hydroxylation is 1. The lowest BCUT2D eigenvalue weighted by Crippen LogP contribution is -2.59. The maximum absolute atomic E-state index is 14.1. The minimum absolute atomic E-state index is 0.0181. The molecule has 0 bridgehead atoms. The molecule has 2 aromatic rings. The number of aromatic hydroxyl groups is 1. The zero-order valence-electron chi connectivity index (χ0n) is 24.0. The maximum Gasteiger partial charge on any atom is 0.408 e. The summed E-state index contributed by atoms with van der Waals surface area (Å²) in [4.78, 5) is 42.2. The van der Waals surface area contributed by atoms with Gasteiger partial charge in [0.1, 0.15) is 29.2 Å². The van der Waals surface area contributed by atoms with Crippen molar-refractivity contribution in [1.82, 2.24) is 10.2 Å². The van der Waals surface area contributed by atoms with Crippen molar-refractivity contribution in [2.24, 2.45) is 0 Å². The third-order valence-corrected chi connectivity index (χ3v) is 6.69. The Kier molecular flexibility index (Phi) is 10.7. The number of carbonyl (C=O) groups is 3. The first-order valence-corrected chi connectivity index (χ1v) is 13.4. The predicted octanol–water partition coefficient (Wildman–Crippen LogP) is 5.23. The Morgan fingerprint density at radius 3 is 2.15 bits per heavy atom. The number of nitrogens with one attached hydrogen (secondary N) is 2. The standard InChI is InChI=1S/C29H41N3O6S/c1-9-29(6,7)32(26(35)22(17-39)31-27(36)38-28(3,4)5)24(19-10-15-23(33)18(2)16-19)25(34)30-20-11-13-21(37-8)14-12-20/h10-16,22,24,33,39H,9,17H2,1-8H3,(H,30,34)(H,31,36). The van der Waals surface area contributed by atoms with E-state index in [1.165, 1.54) is 11.0 Å². The summed E-state index contributed by atoms with van der Waals surface area (Å²) in [6.45, 7) is 12.5. The van der Waals surface area contributed by atoms with Crippen LogP contribution in [0, 0.1) is 6.92 Å². The molecule has 214 valence electrons. The van der Waals surface area contributed by atoms with Gasteiger partial charge in [0.25, 0.3) is 5.91 Å². The molecule has 2 aromatic carbocycles. The molecule has 0 fully saturated rings. The lowest BCUT2D eigenvalue weighted by Gasteiger charge is -2.44. The highest BCUT2D eigenvalue weighted by Crippen LogP contribution is 2.34. The van der Waals surface area contributed by atoms with Crippen LogP contribution in [0.1, 0.15) is 65.1 Å². The molecule has 2 atom stereocenters. The molecule has 0 spiro atoms. The second-order valence-corrected chi connectivity index (χ2v) is 11.3. The Bertz CT molecular complexity index is 1160. The Hall–Kier alpha value is -3.40. The lowest BCUT2D eigenvalue weighted by atomic mass is 9.91. The number of hydrogen-bond acceptors (Lipinski definition) is 7. The van der Waals surface area contributed by atoms with Crippen molar-refractivity contribution in [2.45, 2.75) is 78.1 Å². The number of amides is 3. The van der Waals surface area contributed by atoms with Crippen LogP contribution in [-0.2, 0) is 14.3 Å². The van der Waals surface area contributed by atoms with Crippen molar-refractivity contribution >= 4 is 36.2 Å². The van der Waals surface area contributed by atoms with E-state index in [1.54, 1.807) is 71.2 Å². The van der Waals surface area contributed by atoms with Gasteiger partial charge in [-0.15, -0.1) is 0 Å². The molecule has 9 nitrogen and oxygen atoms in total. The Balaban J connectivity index is 2.60. The summed E-state index contributed by atoms with van der Waals surface area (Å²) in [6, 6.07) is 9.46. The molecule has 0 aromatic heterocycles. The average molecular weight is 560 g/mol. The molecule has 0 aliphatic heterocycles. The zero-order chi connectivity index (χ0) is 29.5. The molecule has 39 heavy (non-hydrogen) atoms. The van der Waals surface area contributed by atoms with Gasteiger partial charge in [-0.05, 0) is 95.5 Å². The number of phenolic OH excluding ortho intramolecular Hbond substituents is 1. The highest BCUT2D eigenvalue weighted by Gasteiger charge is 2.43. The number of anilines is 1. The number of phenols is 1. The van der Waals surface area contributed by atoms with Gasteiger partial charge in [-0.25, -0.2) is 4.79 Å². The Labute approximate surface area is 236 Å². The summed E-state index contributed by atoms with van der Waals surface area (Å²) in [5.41, 5.74) is -0.0149. The van der Waals surface area contributed by atoms with Crippen LogP contribution in [0.25, 0.3) is 0 Å². The highest BCUT2D eigenvalue weighted by atomic mass is 32.1. The number of alkyl carbamates (subject to hydrolysis) is 1. The molecule has 0 radical (unpaired) electrons. The number of benzene rings is 2. The SMILES string of the molecule is CCC(C)(C)N(C(=O)C(CS)NC(=O)OC(C)(C)C)C(C(=O)Nc1ccc(OC)cc1)c1ccc(O)c(C)c1. The first-order chi connectivity index (χ1) is 18.1. The van der Waals surface area contributed by atoms with Crippen LogP contribution >= 0.6 is 12.6 Å². The van der Waals surface area contributed by atoms with Crippen LogP contribution in [-0.4, -0.2) is 58.0 Å². The molecular formula is C29H41N3O6S. The molecule has 2 rings (SSSR count). The minimum Gasteiger partial charge on any atom is -0.508 e. The molecule has 0 heterocycles. The fourth-order valence-electron chi connectivity index (χ4n) is 3.90. The quantitative estimate of drug-likeness (QED) is 0.296. The molecular weight excluding hydrogens is 518 g/mol. The molecule has 0 saturated carbocycles. The van der Waals surface area contributed by atoms with Crippen LogP contribution in [0.3, 0.4) is 0 Å². The van der Waals surface area contributed by atoms with Gasteiger partial charge >= 0.3 is 6.09 Å². The van der Waals surface area contributed by atoms with Crippen LogP contribution < -0.4 is 15.4 Å². The van der Waals surface area contributed by atoms with Gasteiger partial charge in [-0.1, -0.05) is 13.0 Å². The van der Waals surface area contributed by atoms with Crippen molar-refractivity contribution in [3.63, 3.8) is 0 Å². The van der Waals surface area contributed by atoms with E-state index in [0.29, 0.717) is 29.0 Å². The van der Waals surface area contributed by atoms with Crippen LogP contribution in [0.4, 0.5) is 10.5 Å². The number of ether oxygens (including phenoxy) is 2. The van der Waals surface area contributed by atoms with Crippen LogP contribution in [0.5, 0.6) is 11.5 Å². The van der Waals surface area contributed by atoms with Gasteiger partial charge in [0.05, 0.1) is 7.11 Å². The van der Waals surface area contributed by atoms with E-state index in [4.69, 9.17) is 9.47 Å². The first kappa shape index (κ1) is 31.8. The summed E-state index contributed by atoms with van der Waals surface area (Å²) < 4.78 is 10.6. The number of thiol groups is 1. The maximum atomic E-state index is 14.1. The summed E-state index contributed by atoms with van der Waals surface area (Å²) in [5, 5.41) is 15.7. The Morgan fingerprint density at radius 1 is 1.05 bits per heavy atom. The lowest BCUT2D eigenvalue weighted by molar-refractivity contribution is -0.147. The molecule has 0 saturated heterocycles. The largest absolute Gasteiger partial charge is 0.508 e. The summed E-state index contributed by atoms with van der Waals surface area (Å²) in [7, 11) is 1.55. The van der Waals surface area contributed by atoms with Gasteiger partial charge in [0, 0.05) is 17.0 Å². The third kappa shape index (κ3) is 8.54. The van der Waals surface area contributed by atoms with Gasteiger partial charge in [0.15, 0.2) is 0 Å². The normalized spacial score (nSPS) is 13.2. The highest BCUT2D eigenvalue weighted by molar-refractivity contribution is 7.80. The number of methoxy groups -OCH3 is 1. The van der Waals surface area contributed by atoms with E-state index in [0.717, 1.165) is 0 Å². The molecule has 3 N–H and O–H groups in total. The monoisotopic (exact) mass is 559 g/mol. The fraction of sp³-hybridized carbons (Fsp3) is 0.483. The Morgan fingerprint density at radius 2 is 1.67 bits per heavy atom. The van der Waals surface area contributed by atoms with Crippen molar-refractivity contribution in [1.29, 1.82) is 0 Å². The van der Waals surface area contributed by atoms with E-state index in [2.05, 4.69) is 23.3 Å². The summed E-state index contributed by atoms with van der Waals surface area (Å²) in [6.07, 6.45) is -0.253. The molecule has 0 aliphatic carbocycles. The number of hydrogen-bond donors (Lipinski definition) is 4. The summed E-state index contributed by atoms with van der Waals surface area (Å²) in [5.74, 6) is -0.276. The van der Waals surface area contributed by atoms with E-state index in [9.17, 15) is 19.5 Å². The van der Waals surface area contributed by atoms with Crippen molar-refractivity contribution in [3.05, 3.63) is 53.6 Å². The van der Waals surface area contributed by atoms with E-state index in [-0.39, 0.29) is 11.5 Å². The fourth-order valence-corrected chi connectivity index (χ4v) is 4.15. The summed E-state index contributed by atoms with van der Waals surface area (Å²) >= 11 is 4.33. The molecule has 0 aliphatic rings. The smallest absolute Gasteiger partial charge is 0.408 e. The second kappa shape index (κ2) is 13.1. The van der Waals surface area contributed by atoms with Crippen LogP contribution in [0.2, 0.25) is 0 Å². The van der Waals surface area contributed by atoms with E-state index < -0.39 is 41.1 Å². The van der Waals surface area contributed by atoms with Crippen molar-refractivity contribution in [2.75, 3.05) is 18.2 Å². The molecule has 10 heteroatoms. The van der Waals surface area contributed by atoms with E-state index >= 15 is 0 Å². The van der Waals surface area contributed by atoms with Gasteiger partial charge < -0.3 is 30.1 Å². The first-order valence-electron chi connectivity index (χ1n) is 12.8. The minimum atomic E-state index is -1.10. The zero-order valence-corrected chi connectivity index (χ0v) is 24.9. The molecule has 2 unspecified atom stereocenters. The second-order valence-electron chi connectivity index (χ2n) is 10.9. The number of nitrogens with zero attached hydrogens (tertiary/aromatic N) is 1. The average Bonchev–Trinajstić information content (AvgIpc) is 2.86. The van der Waals surface area contributed by atoms with Gasteiger partial charge in [0.2, 0.25) is 5.91 Å². The molecule has 3 amide bonds. The predicted molar refractivity (Wildman–Crippen MR) is 155 cm³/mol. The van der Waals surface area contributed by atoms with Gasteiger partial charge in [-0.3, -0.25) is 9.59 Å². The third-order valence-electron chi connectivity index (χ3n) is 6.33. The number of carbonyl (C=O) groups excluding carboxylic acids is 3. The van der Waals surface area contributed by atoms with Gasteiger partial charge in [-0.2, -0.15) is 12.6 Å². The van der Waals surface area contributed by atoms with Crippen LogP contribution in [0.15, 0.2) is 42.5 Å². The van der Waals surface area contributed by atoms with Crippen molar-refractivity contribution < 1.29 is 29.0 Å². The topological polar surface area (TPSA) is 117 Å².